The van der Waals surface area contributed by atoms with Gasteiger partial charge in [0.05, 0.1) is 0 Å². The van der Waals surface area contributed by atoms with E-state index < -0.39 is 0 Å². The monoisotopic (exact) mass is 124 g/mol. The van der Waals surface area contributed by atoms with Crippen LogP contribution in [0.4, 0.5) is 0 Å². The molecule has 3 atom stereocenters. The van der Waals surface area contributed by atoms with Gasteiger partial charge < -0.3 is 0 Å². The maximum Gasteiger partial charge on any atom is -0.0266 e. The molecule has 0 radical (unpaired) electrons. The zero-order valence-corrected chi connectivity index (χ0v) is 6.48. The lowest BCUT2D eigenvalue weighted by Gasteiger charge is -2.10. The molecule has 2 saturated carbocycles. The Balaban J connectivity index is 2.07. The van der Waals surface area contributed by atoms with Gasteiger partial charge in [0.1, 0.15) is 0 Å². The van der Waals surface area contributed by atoms with Crippen molar-refractivity contribution in [2.45, 2.75) is 39.5 Å². The highest BCUT2D eigenvalue weighted by Gasteiger charge is 2.60. The van der Waals surface area contributed by atoms with Crippen LogP contribution in [0.2, 0.25) is 0 Å². The van der Waals surface area contributed by atoms with Crippen molar-refractivity contribution in [1.29, 1.82) is 0 Å². The Morgan fingerprint density at radius 3 is 2.22 bits per heavy atom. The molecule has 0 aromatic carbocycles. The van der Waals surface area contributed by atoms with Crippen LogP contribution in [0, 0.1) is 17.3 Å². The highest BCUT2D eigenvalue weighted by molar-refractivity contribution is 5.09. The third-order valence-corrected chi connectivity index (χ3v) is 3.86. The van der Waals surface area contributed by atoms with Gasteiger partial charge in [0.2, 0.25) is 0 Å². The standard InChI is InChI=1S/C9H16/c1-3-9(2)7-5-4-6-8(7)9/h7-8H,3-6H2,1-2H3/t7-,8+,9?. The molecule has 9 heavy (non-hydrogen) atoms. The lowest BCUT2D eigenvalue weighted by molar-refractivity contribution is 0.408. The molecular weight excluding hydrogens is 108 g/mol. The van der Waals surface area contributed by atoms with E-state index in [4.69, 9.17) is 0 Å². The van der Waals surface area contributed by atoms with Crippen LogP contribution in [0.3, 0.4) is 0 Å². The van der Waals surface area contributed by atoms with Crippen LogP contribution < -0.4 is 0 Å². The maximum absolute atomic E-state index is 2.47. The first-order valence-electron chi connectivity index (χ1n) is 4.29. The Kier molecular flexibility index (Phi) is 0.980. The van der Waals surface area contributed by atoms with Gasteiger partial charge in [0.15, 0.2) is 0 Å². The summed E-state index contributed by atoms with van der Waals surface area (Å²) in [5.41, 5.74) is 0.804. The maximum atomic E-state index is 2.47. The summed E-state index contributed by atoms with van der Waals surface area (Å²) in [6.07, 6.45) is 6.01. The van der Waals surface area contributed by atoms with Gasteiger partial charge in [-0.2, -0.15) is 0 Å². The second kappa shape index (κ2) is 1.53. The molecule has 0 bridgehead atoms. The minimum absolute atomic E-state index is 0.804. The number of fused-ring (bicyclic) bond motifs is 1. The summed E-state index contributed by atoms with van der Waals surface area (Å²) in [5, 5.41) is 0. The first-order chi connectivity index (χ1) is 4.29. The highest BCUT2D eigenvalue weighted by Crippen LogP contribution is 2.68. The Hall–Kier alpha value is 0. The van der Waals surface area contributed by atoms with E-state index in [-0.39, 0.29) is 0 Å². The van der Waals surface area contributed by atoms with Gasteiger partial charge in [-0.1, -0.05) is 26.7 Å². The van der Waals surface area contributed by atoms with Crippen molar-refractivity contribution < 1.29 is 0 Å². The minimum Gasteiger partial charge on any atom is -0.0648 e. The molecule has 1 unspecified atom stereocenters. The minimum atomic E-state index is 0.804. The lowest BCUT2D eigenvalue weighted by Crippen LogP contribution is -1.99. The molecule has 0 nitrogen and oxygen atoms in total. The Bertz CT molecular complexity index is 116. The first kappa shape index (κ1) is 5.76. The molecule has 2 aliphatic rings. The summed E-state index contributed by atoms with van der Waals surface area (Å²) in [6.45, 7) is 4.82. The van der Waals surface area contributed by atoms with E-state index in [9.17, 15) is 0 Å². The van der Waals surface area contributed by atoms with Gasteiger partial charge in [-0.3, -0.25) is 0 Å². The predicted octanol–water partition coefficient (Wildman–Crippen LogP) is 2.83. The molecule has 0 saturated heterocycles. The fourth-order valence-corrected chi connectivity index (χ4v) is 2.91. The Labute approximate surface area is 57.6 Å². The van der Waals surface area contributed by atoms with E-state index >= 15 is 0 Å². The zero-order valence-electron chi connectivity index (χ0n) is 6.48. The largest absolute Gasteiger partial charge is 0.0648 e. The normalized spacial score (nSPS) is 55.3. The lowest BCUT2D eigenvalue weighted by atomic mass is 9.95. The molecule has 2 fully saturated rings. The predicted molar refractivity (Wildman–Crippen MR) is 39.2 cm³/mol. The fraction of sp³-hybridized carbons (Fsp3) is 1.00. The molecule has 2 aliphatic carbocycles. The Morgan fingerprint density at radius 1 is 1.33 bits per heavy atom. The molecular formula is C9H16. The van der Waals surface area contributed by atoms with Gasteiger partial charge in [0, 0.05) is 0 Å². The van der Waals surface area contributed by atoms with Crippen LogP contribution in [0.25, 0.3) is 0 Å². The van der Waals surface area contributed by atoms with Crippen LogP contribution in [0.1, 0.15) is 39.5 Å². The fourth-order valence-electron chi connectivity index (χ4n) is 2.91. The zero-order chi connectivity index (χ0) is 6.48. The van der Waals surface area contributed by atoms with E-state index in [0.29, 0.717) is 0 Å². The molecule has 0 N–H and O–H groups in total. The summed E-state index contributed by atoms with van der Waals surface area (Å²) in [7, 11) is 0. The molecule has 0 heterocycles. The molecule has 0 aromatic heterocycles. The summed E-state index contributed by atoms with van der Waals surface area (Å²) < 4.78 is 0. The quantitative estimate of drug-likeness (QED) is 0.504. The van der Waals surface area contributed by atoms with Gasteiger partial charge in [-0.15, -0.1) is 0 Å². The van der Waals surface area contributed by atoms with E-state index in [2.05, 4.69) is 13.8 Å². The molecule has 0 amide bonds. The summed E-state index contributed by atoms with van der Waals surface area (Å²) >= 11 is 0. The first-order valence-corrected chi connectivity index (χ1v) is 4.29. The average Bonchev–Trinajstić information content (AvgIpc) is 2.39. The van der Waals surface area contributed by atoms with E-state index in [1.54, 1.807) is 0 Å². The SMILES string of the molecule is CCC1(C)[C@@H]2CCC[C@@H]21. The van der Waals surface area contributed by atoms with Crippen LogP contribution in [-0.4, -0.2) is 0 Å². The van der Waals surface area contributed by atoms with E-state index in [1.807, 2.05) is 0 Å². The van der Waals surface area contributed by atoms with E-state index in [1.165, 1.54) is 25.7 Å². The number of rotatable bonds is 1. The van der Waals surface area contributed by atoms with Crippen molar-refractivity contribution in [2.75, 3.05) is 0 Å². The average molecular weight is 124 g/mol. The van der Waals surface area contributed by atoms with Crippen LogP contribution >= 0.6 is 0 Å². The van der Waals surface area contributed by atoms with E-state index in [0.717, 1.165) is 17.3 Å². The molecule has 0 spiro atoms. The van der Waals surface area contributed by atoms with Crippen molar-refractivity contribution in [3.05, 3.63) is 0 Å². The third-order valence-electron chi connectivity index (χ3n) is 3.86. The number of hydrogen-bond donors (Lipinski definition) is 0. The van der Waals surface area contributed by atoms with Crippen molar-refractivity contribution in [3.8, 4) is 0 Å². The molecule has 0 heteroatoms. The smallest absolute Gasteiger partial charge is 0.0266 e. The van der Waals surface area contributed by atoms with Crippen LogP contribution in [-0.2, 0) is 0 Å². The third kappa shape index (κ3) is 0.544. The Morgan fingerprint density at radius 2 is 1.89 bits per heavy atom. The molecule has 0 aliphatic heterocycles. The molecule has 2 rings (SSSR count). The van der Waals surface area contributed by atoms with Crippen molar-refractivity contribution in [3.63, 3.8) is 0 Å². The van der Waals surface area contributed by atoms with Crippen LogP contribution in [0.15, 0.2) is 0 Å². The van der Waals surface area contributed by atoms with Crippen molar-refractivity contribution >= 4 is 0 Å². The summed E-state index contributed by atoms with van der Waals surface area (Å²) in [4.78, 5) is 0. The topological polar surface area (TPSA) is 0 Å². The second-order valence-electron chi connectivity index (χ2n) is 4.00. The second-order valence-corrected chi connectivity index (χ2v) is 4.00. The van der Waals surface area contributed by atoms with Gasteiger partial charge in [-0.05, 0) is 30.1 Å². The van der Waals surface area contributed by atoms with Gasteiger partial charge in [0.25, 0.3) is 0 Å². The van der Waals surface area contributed by atoms with Gasteiger partial charge >= 0.3 is 0 Å². The molecule has 0 aromatic rings. The van der Waals surface area contributed by atoms with Crippen molar-refractivity contribution in [1.82, 2.24) is 0 Å². The summed E-state index contributed by atoms with van der Waals surface area (Å²) in [5.74, 6) is 2.28. The van der Waals surface area contributed by atoms with Crippen LogP contribution in [0.5, 0.6) is 0 Å². The number of hydrogen-bond acceptors (Lipinski definition) is 0. The van der Waals surface area contributed by atoms with Gasteiger partial charge in [-0.25, -0.2) is 0 Å². The summed E-state index contributed by atoms with van der Waals surface area (Å²) in [6, 6.07) is 0. The highest BCUT2D eigenvalue weighted by atomic mass is 14.7. The van der Waals surface area contributed by atoms with Crippen molar-refractivity contribution in [2.24, 2.45) is 17.3 Å². The molecule has 52 valence electrons.